The molecule has 1 unspecified atom stereocenters. The van der Waals surface area contributed by atoms with Crippen LogP contribution in [0.2, 0.25) is 0 Å². The molecule has 0 amide bonds. The molecule has 0 aromatic rings. The molecule has 0 saturated heterocycles. The minimum absolute atomic E-state index is 0.243. The van der Waals surface area contributed by atoms with Crippen LogP contribution in [-0.4, -0.2) is 12.2 Å². The SMILES string of the molecule is CCC(C)OOC1CCCCC1. The van der Waals surface area contributed by atoms with Gasteiger partial charge in [-0.2, -0.15) is 0 Å². The molecule has 1 aliphatic carbocycles. The average molecular weight is 172 g/mol. The van der Waals surface area contributed by atoms with E-state index in [1.165, 1.54) is 32.1 Å². The summed E-state index contributed by atoms with van der Waals surface area (Å²) in [5.41, 5.74) is 0. The molecule has 0 bridgehead atoms. The summed E-state index contributed by atoms with van der Waals surface area (Å²) in [6.45, 7) is 4.15. The third-order valence-corrected chi connectivity index (χ3v) is 2.48. The van der Waals surface area contributed by atoms with Crippen LogP contribution >= 0.6 is 0 Å². The van der Waals surface area contributed by atoms with Gasteiger partial charge in [0.15, 0.2) is 0 Å². The van der Waals surface area contributed by atoms with Crippen molar-refractivity contribution in [2.45, 2.75) is 64.6 Å². The van der Waals surface area contributed by atoms with Gasteiger partial charge in [0.2, 0.25) is 0 Å². The van der Waals surface area contributed by atoms with Crippen LogP contribution < -0.4 is 0 Å². The van der Waals surface area contributed by atoms with E-state index >= 15 is 0 Å². The average Bonchev–Trinajstić information content (AvgIpc) is 2.16. The first kappa shape index (κ1) is 10.0. The Labute approximate surface area is 75.2 Å². The Morgan fingerprint density at radius 3 is 2.50 bits per heavy atom. The number of hydrogen-bond acceptors (Lipinski definition) is 2. The summed E-state index contributed by atoms with van der Waals surface area (Å²) in [6.07, 6.45) is 7.95. The zero-order chi connectivity index (χ0) is 8.81. The van der Waals surface area contributed by atoms with Crippen LogP contribution in [0.15, 0.2) is 0 Å². The predicted octanol–water partition coefficient (Wildman–Crippen LogP) is 3.07. The molecule has 0 spiro atoms. The van der Waals surface area contributed by atoms with E-state index in [0.717, 1.165) is 6.42 Å². The fourth-order valence-corrected chi connectivity index (χ4v) is 1.40. The third kappa shape index (κ3) is 3.55. The lowest BCUT2D eigenvalue weighted by atomic mass is 9.98. The molecule has 0 radical (unpaired) electrons. The summed E-state index contributed by atoms with van der Waals surface area (Å²) in [5, 5.41) is 0. The van der Waals surface area contributed by atoms with E-state index in [9.17, 15) is 0 Å². The molecule has 0 N–H and O–H groups in total. The zero-order valence-corrected chi connectivity index (χ0v) is 8.21. The molecule has 0 aliphatic heterocycles. The van der Waals surface area contributed by atoms with Crippen LogP contribution in [0.1, 0.15) is 52.4 Å². The number of hydrogen-bond donors (Lipinski definition) is 0. The van der Waals surface area contributed by atoms with Crippen LogP contribution in [0, 0.1) is 0 Å². The van der Waals surface area contributed by atoms with Crippen LogP contribution in [0.5, 0.6) is 0 Å². The van der Waals surface area contributed by atoms with Crippen molar-refractivity contribution < 1.29 is 9.78 Å². The van der Waals surface area contributed by atoms with Gasteiger partial charge >= 0.3 is 0 Å². The standard InChI is InChI=1S/C10H20O2/c1-3-9(2)11-12-10-7-5-4-6-8-10/h9-10H,3-8H2,1-2H3. The predicted molar refractivity (Wildman–Crippen MR) is 48.8 cm³/mol. The second-order valence-corrected chi connectivity index (χ2v) is 3.67. The quantitative estimate of drug-likeness (QED) is 0.479. The molecular formula is C10H20O2. The normalized spacial score (nSPS) is 22.5. The summed E-state index contributed by atoms with van der Waals surface area (Å²) in [6, 6.07) is 0. The van der Waals surface area contributed by atoms with Crippen LogP contribution in [0.25, 0.3) is 0 Å². The molecular weight excluding hydrogens is 152 g/mol. The first-order valence-electron chi connectivity index (χ1n) is 5.15. The van der Waals surface area contributed by atoms with Gasteiger partial charge in [-0.25, -0.2) is 9.78 Å². The third-order valence-electron chi connectivity index (χ3n) is 2.48. The Hall–Kier alpha value is -0.0800. The molecule has 1 rings (SSSR count). The maximum Gasteiger partial charge on any atom is 0.0930 e. The minimum atomic E-state index is 0.243. The van der Waals surface area contributed by atoms with Gasteiger partial charge < -0.3 is 0 Å². The molecule has 1 aliphatic rings. The van der Waals surface area contributed by atoms with Crippen molar-refractivity contribution in [3.05, 3.63) is 0 Å². The lowest BCUT2D eigenvalue weighted by molar-refractivity contribution is -0.351. The molecule has 12 heavy (non-hydrogen) atoms. The van der Waals surface area contributed by atoms with E-state index in [0.29, 0.717) is 6.10 Å². The first-order chi connectivity index (χ1) is 5.83. The maximum atomic E-state index is 5.34. The lowest BCUT2D eigenvalue weighted by Gasteiger charge is -2.22. The van der Waals surface area contributed by atoms with Crippen LogP contribution in [0.3, 0.4) is 0 Å². The summed E-state index contributed by atoms with van der Waals surface area (Å²) in [7, 11) is 0. The lowest BCUT2D eigenvalue weighted by Crippen LogP contribution is -2.19. The maximum absolute atomic E-state index is 5.34. The van der Waals surface area contributed by atoms with E-state index in [1.807, 2.05) is 6.92 Å². The van der Waals surface area contributed by atoms with Crippen molar-refractivity contribution in [1.29, 1.82) is 0 Å². The van der Waals surface area contributed by atoms with Crippen LogP contribution in [-0.2, 0) is 9.78 Å². The van der Waals surface area contributed by atoms with Gasteiger partial charge in [-0.1, -0.05) is 26.2 Å². The van der Waals surface area contributed by atoms with Gasteiger partial charge in [0, 0.05) is 0 Å². The van der Waals surface area contributed by atoms with Crippen molar-refractivity contribution in [3.63, 3.8) is 0 Å². The molecule has 0 heterocycles. The van der Waals surface area contributed by atoms with Crippen LogP contribution in [0.4, 0.5) is 0 Å². The van der Waals surface area contributed by atoms with Gasteiger partial charge in [0.25, 0.3) is 0 Å². The molecule has 2 nitrogen and oxygen atoms in total. The van der Waals surface area contributed by atoms with Crippen molar-refractivity contribution in [2.75, 3.05) is 0 Å². The highest BCUT2D eigenvalue weighted by atomic mass is 17.2. The fraction of sp³-hybridized carbons (Fsp3) is 1.00. The summed E-state index contributed by atoms with van der Waals surface area (Å²) in [5.74, 6) is 0. The highest BCUT2D eigenvalue weighted by molar-refractivity contribution is 4.63. The summed E-state index contributed by atoms with van der Waals surface area (Å²) >= 11 is 0. The van der Waals surface area contributed by atoms with Crippen molar-refractivity contribution in [1.82, 2.24) is 0 Å². The largest absolute Gasteiger partial charge is 0.233 e. The molecule has 1 saturated carbocycles. The van der Waals surface area contributed by atoms with E-state index in [2.05, 4.69) is 6.92 Å². The van der Waals surface area contributed by atoms with Gasteiger partial charge in [0.1, 0.15) is 0 Å². The Balaban J connectivity index is 2.05. The monoisotopic (exact) mass is 172 g/mol. The van der Waals surface area contributed by atoms with E-state index in [-0.39, 0.29) is 6.10 Å². The van der Waals surface area contributed by atoms with Gasteiger partial charge in [0.05, 0.1) is 12.2 Å². The summed E-state index contributed by atoms with van der Waals surface area (Å²) in [4.78, 5) is 10.6. The second kappa shape index (κ2) is 5.55. The van der Waals surface area contributed by atoms with Crippen molar-refractivity contribution >= 4 is 0 Å². The highest BCUT2D eigenvalue weighted by Crippen LogP contribution is 2.20. The molecule has 0 aromatic heterocycles. The Bertz CT molecular complexity index is 108. The van der Waals surface area contributed by atoms with E-state index < -0.39 is 0 Å². The molecule has 1 fully saturated rings. The van der Waals surface area contributed by atoms with E-state index in [4.69, 9.17) is 9.78 Å². The van der Waals surface area contributed by atoms with Gasteiger partial charge in [-0.3, -0.25) is 0 Å². The van der Waals surface area contributed by atoms with Gasteiger partial charge in [-0.15, -0.1) is 0 Å². The molecule has 72 valence electrons. The minimum Gasteiger partial charge on any atom is -0.233 e. The van der Waals surface area contributed by atoms with Gasteiger partial charge in [-0.05, 0) is 26.2 Å². The first-order valence-corrected chi connectivity index (χ1v) is 5.15. The number of rotatable bonds is 4. The van der Waals surface area contributed by atoms with E-state index in [1.54, 1.807) is 0 Å². The van der Waals surface area contributed by atoms with Crippen molar-refractivity contribution in [3.8, 4) is 0 Å². The Morgan fingerprint density at radius 2 is 1.92 bits per heavy atom. The smallest absolute Gasteiger partial charge is 0.0930 e. The second-order valence-electron chi connectivity index (χ2n) is 3.67. The Morgan fingerprint density at radius 1 is 1.25 bits per heavy atom. The highest BCUT2D eigenvalue weighted by Gasteiger charge is 2.15. The molecule has 0 aromatic carbocycles. The van der Waals surface area contributed by atoms with Crippen molar-refractivity contribution in [2.24, 2.45) is 0 Å². The summed E-state index contributed by atoms with van der Waals surface area (Å²) < 4.78 is 0. The topological polar surface area (TPSA) is 18.5 Å². The Kier molecular flexibility index (Phi) is 4.62. The zero-order valence-electron chi connectivity index (χ0n) is 8.21. The molecule has 2 heteroatoms. The fourth-order valence-electron chi connectivity index (χ4n) is 1.40. The molecule has 1 atom stereocenters.